The lowest BCUT2D eigenvalue weighted by Crippen LogP contribution is -2.18. The number of benzene rings is 1. The SMILES string of the molecule is Cc1nc(Cl)ccc1Cn1nc(C)c2c1CN(c1ccc(C#N)c3ncccc13)C2. The Labute approximate surface area is 179 Å². The average Bonchev–Trinajstić information content (AvgIpc) is 3.30. The standard InChI is InChI=1S/C23H19ClN6/c1-14-17(6-8-22(24)27-14)11-30-21-13-29(12-19(21)15(2)28-30)20-7-5-16(10-25)23-18(20)4-3-9-26-23/h3-9H,11-13H2,1-2H3. The second kappa shape index (κ2) is 7.12. The van der Waals surface area contributed by atoms with Crippen molar-refractivity contribution >= 4 is 28.2 Å². The molecule has 0 amide bonds. The van der Waals surface area contributed by atoms with Crippen LogP contribution in [0.15, 0.2) is 42.6 Å². The fraction of sp³-hybridized carbons (Fsp3) is 0.217. The van der Waals surface area contributed by atoms with E-state index in [4.69, 9.17) is 16.7 Å². The van der Waals surface area contributed by atoms with Gasteiger partial charge in [0, 0.05) is 35.1 Å². The van der Waals surface area contributed by atoms with E-state index < -0.39 is 0 Å². The van der Waals surface area contributed by atoms with Crippen LogP contribution in [-0.2, 0) is 19.6 Å². The number of hydrogen-bond acceptors (Lipinski definition) is 5. The number of nitrogens with zero attached hydrogens (tertiary/aromatic N) is 6. The molecule has 0 N–H and O–H groups in total. The second-order valence-corrected chi connectivity index (χ2v) is 7.93. The van der Waals surface area contributed by atoms with Crippen molar-refractivity contribution in [2.24, 2.45) is 0 Å². The van der Waals surface area contributed by atoms with Crippen LogP contribution in [0.2, 0.25) is 5.15 Å². The third-order valence-corrected chi connectivity index (χ3v) is 5.96. The molecular weight excluding hydrogens is 396 g/mol. The number of hydrogen-bond donors (Lipinski definition) is 0. The first-order valence-electron chi connectivity index (χ1n) is 9.75. The number of fused-ring (bicyclic) bond motifs is 2. The first-order chi connectivity index (χ1) is 14.5. The fourth-order valence-corrected chi connectivity index (χ4v) is 4.38. The molecule has 0 spiro atoms. The van der Waals surface area contributed by atoms with Crippen LogP contribution < -0.4 is 4.90 Å². The molecule has 1 aliphatic heterocycles. The zero-order chi connectivity index (χ0) is 20.8. The van der Waals surface area contributed by atoms with Crippen molar-refractivity contribution in [2.45, 2.75) is 33.5 Å². The van der Waals surface area contributed by atoms with Crippen molar-refractivity contribution in [3.05, 3.63) is 81.5 Å². The van der Waals surface area contributed by atoms with Crippen molar-refractivity contribution in [3.8, 4) is 6.07 Å². The molecule has 7 heteroatoms. The maximum Gasteiger partial charge on any atom is 0.129 e. The minimum Gasteiger partial charge on any atom is -0.361 e. The van der Waals surface area contributed by atoms with E-state index in [1.54, 1.807) is 6.20 Å². The van der Waals surface area contributed by atoms with Gasteiger partial charge in [0.15, 0.2) is 0 Å². The van der Waals surface area contributed by atoms with E-state index in [1.807, 2.05) is 43.3 Å². The quantitative estimate of drug-likeness (QED) is 0.460. The van der Waals surface area contributed by atoms with Crippen molar-refractivity contribution in [2.75, 3.05) is 4.90 Å². The summed E-state index contributed by atoms with van der Waals surface area (Å²) < 4.78 is 2.08. The molecule has 0 saturated carbocycles. The van der Waals surface area contributed by atoms with E-state index in [2.05, 4.69) is 32.5 Å². The number of rotatable bonds is 3. The lowest BCUT2D eigenvalue weighted by Gasteiger charge is -2.21. The highest BCUT2D eigenvalue weighted by Crippen LogP contribution is 2.35. The lowest BCUT2D eigenvalue weighted by molar-refractivity contribution is 0.633. The third-order valence-electron chi connectivity index (χ3n) is 5.75. The number of nitriles is 1. The minimum atomic E-state index is 0.505. The smallest absolute Gasteiger partial charge is 0.129 e. The van der Waals surface area contributed by atoms with Gasteiger partial charge < -0.3 is 4.90 Å². The molecule has 148 valence electrons. The van der Waals surface area contributed by atoms with Gasteiger partial charge >= 0.3 is 0 Å². The molecule has 4 heterocycles. The van der Waals surface area contributed by atoms with Gasteiger partial charge in [0.2, 0.25) is 0 Å². The van der Waals surface area contributed by atoms with Gasteiger partial charge in [-0.15, -0.1) is 0 Å². The Balaban J connectivity index is 1.51. The van der Waals surface area contributed by atoms with Gasteiger partial charge in [0.05, 0.1) is 35.6 Å². The number of aryl methyl sites for hydroxylation is 2. The summed E-state index contributed by atoms with van der Waals surface area (Å²) in [7, 11) is 0. The molecule has 6 nitrogen and oxygen atoms in total. The predicted octanol–water partition coefficient (Wildman–Crippen LogP) is 4.54. The third kappa shape index (κ3) is 2.99. The van der Waals surface area contributed by atoms with Crippen LogP contribution in [0.25, 0.3) is 10.9 Å². The maximum atomic E-state index is 9.42. The van der Waals surface area contributed by atoms with Crippen LogP contribution in [-0.4, -0.2) is 19.7 Å². The van der Waals surface area contributed by atoms with Crippen molar-refractivity contribution in [3.63, 3.8) is 0 Å². The highest BCUT2D eigenvalue weighted by Gasteiger charge is 2.28. The molecule has 0 aliphatic carbocycles. The molecule has 0 bridgehead atoms. The molecule has 3 aromatic heterocycles. The zero-order valence-corrected chi connectivity index (χ0v) is 17.5. The first-order valence-corrected chi connectivity index (χ1v) is 10.1. The highest BCUT2D eigenvalue weighted by atomic mass is 35.5. The molecule has 4 aromatic rings. The monoisotopic (exact) mass is 414 g/mol. The van der Waals surface area contributed by atoms with E-state index in [0.29, 0.717) is 17.3 Å². The van der Waals surface area contributed by atoms with E-state index in [0.717, 1.165) is 46.6 Å². The van der Waals surface area contributed by atoms with Gasteiger partial charge in [-0.1, -0.05) is 17.7 Å². The van der Waals surface area contributed by atoms with E-state index in [9.17, 15) is 5.26 Å². The fourth-order valence-electron chi connectivity index (χ4n) is 4.19. The molecule has 30 heavy (non-hydrogen) atoms. The molecule has 0 radical (unpaired) electrons. The van der Waals surface area contributed by atoms with Gasteiger partial charge in [-0.3, -0.25) is 9.67 Å². The molecule has 5 rings (SSSR count). The van der Waals surface area contributed by atoms with Crippen LogP contribution in [0.1, 0.15) is 33.8 Å². The Hall–Kier alpha value is -3.43. The summed E-state index contributed by atoms with van der Waals surface area (Å²) >= 11 is 6.01. The Morgan fingerprint density at radius 2 is 1.97 bits per heavy atom. The van der Waals surface area contributed by atoms with Gasteiger partial charge in [-0.25, -0.2) is 4.98 Å². The summed E-state index contributed by atoms with van der Waals surface area (Å²) in [5.41, 5.74) is 7.97. The summed E-state index contributed by atoms with van der Waals surface area (Å²) in [5.74, 6) is 0. The maximum absolute atomic E-state index is 9.42. The normalized spacial score (nSPS) is 12.9. The summed E-state index contributed by atoms with van der Waals surface area (Å²) in [6.45, 7) is 6.24. The van der Waals surface area contributed by atoms with Crippen molar-refractivity contribution in [1.82, 2.24) is 19.7 Å². The van der Waals surface area contributed by atoms with E-state index >= 15 is 0 Å². The van der Waals surface area contributed by atoms with Gasteiger partial charge in [-0.05, 0) is 49.7 Å². The van der Waals surface area contributed by atoms with Crippen LogP contribution >= 0.6 is 11.6 Å². The van der Waals surface area contributed by atoms with E-state index in [1.165, 1.54) is 11.3 Å². The average molecular weight is 415 g/mol. The molecule has 1 aliphatic rings. The number of aromatic nitrogens is 4. The van der Waals surface area contributed by atoms with Crippen LogP contribution in [0.4, 0.5) is 5.69 Å². The summed E-state index contributed by atoms with van der Waals surface area (Å²) in [6.07, 6.45) is 1.73. The molecule has 0 unspecified atom stereocenters. The number of anilines is 1. The largest absolute Gasteiger partial charge is 0.361 e. The zero-order valence-electron chi connectivity index (χ0n) is 16.7. The topological polar surface area (TPSA) is 70.6 Å². The van der Waals surface area contributed by atoms with Gasteiger partial charge in [0.1, 0.15) is 11.2 Å². The van der Waals surface area contributed by atoms with Gasteiger partial charge in [0.25, 0.3) is 0 Å². The van der Waals surface area contributed by atoms with Crippen LogP contribution in [0.3, 0.4) is 0 Å². The van der Waals surface area contributed by atoms with Crippen LogP contribution in [0.5, 0.6) is 0 Å². The Kier molecular flexibility index (Phi) is 4.41. The predicted molar refractivity (Wildman–Crippen MR) is 116 cm³/mol. The molecular formula is C23H19ClN6. The highest BCUT2D eigenvalue weighted by molar-refractivity contribution is 6.29. The van der Waals surface area contributed by atoms with Crippen molar-refractivity contribution in [1.29, 1.82) is 5.26 Å². The van der Waals surface area contributed by atoms with Gasteiger partial charge in [-0.2, -0.15) is 10.4 Å². The lowest BCUT2D eigenvalue weighted by atomic mass is 10.1. The Morgan fingerprint density at radius 1 is 1.10 bits per heavy atom. The summed E-state index contributed by atoms with van der Waals surface area (Å²) in [6, 6.07) is 13.9. The number of halogens is 1. The summed E-state index contributed by atoms with van der Waals surface area (Å²) in [5, 5.41) is 15.7. The van der Waals surface area contributed by atoms with Crippen LogP contribution in [0, 0.1) is 25.2 Å². The Bertz CT molecular complexity index is 1330. The minimum absolute atomic E-state index is 0.505. The molecule has 0 atom stereocenters. The second-order valence-electron chi connectivity index (χ2n) is 7.55. The summed E-state index contributed by atoms with van der Waals surface area (Å²) in [4.78, 5) is 11.1. The van der Waals surface area contributed by atoms with Crippen molar-refractivity contribution < 1.29 is 0 Å². The molecule has 0 saturated heterocycles. The Morgan fingerprint density at radius 3 is 2.77 bits per heavy atom. The first kappa shape index (κ1) is 18.6. The number of pyridine rings is 2. The molecule has 1 aromatic carbocycles. The van der Waals surface area contributed by atoms with E-state index in [-0.39, 0.29) is 0 Å². The molecule has 0 fully saturated rings.